The van der Waals surface area contributed by atoms with Gasteiger partial charge in [-0.1, -0.05) is 34.4 Å². The lowest BCUT2D eigenvalue weighted by Crippen LogP contribution is -2.16. The molecule has 0 fully saturated rings. The molecule has 1 N–H and O–H groups in total. The maximum Gasteiger partial charge on any atom is 0.109 e. The van der Waals surface area contributed by atoms with E-state index in [1.165, 1.54) is 0 Å². The zero-order valence-corrected chi connectivity index (χ0v) is 11.1. The van der Waals surface area contributed by atoms with E-state index >= 15 is 0 Å². The number of hydrogen-bond acceptors (Lipinski definition) is 3. The van der Waals surface area contributed by atoms with Gasteiger partial charge in [-0.3, -0.25) is 0 Å². The van der Waals surface area contributed by atoms with Crippen molar-refractivity contribution in [2.45, 2.75) is 13.0 Å². The van der Waals surface area contributed by atoms with Gasteiger partial charge in [-0.25, -0.2) is 4.98 Å². The molecule has 0 aliphatic carbocycles. The number of aromatic nitrogens is 2. The minimum absolute atomic E-state index is 0.158. The van der Waals surface area contributed by atoms with Gasteiger partial charge in [-0.15, -0.1) is 0 Å². The van der Waals surface area contributed by atoms with Crippen LogP contribution in [0, 0.1) is 0 Å². The first-order valence-electron chi connectivity index (χ1n) is 5.28. The van der Waals surface area contributed by atoms with Crippen LogP contribution < -0.4 is 0 Å². The highest BCUT2D eigenvalue weighted by Crippen LogP contribution is 2.25. The van der Waals surface area contributed by atoms with Gasteiger partial charge < -0.3 is 9.77 Å². The zero-order valence-electron chi connectivity index (χ0n) is 9.59. The number of imidazole rings is 1. The molecule has 0 aliphatic heterocycles. The van der Waals surface area contributed by atoms with Gasteiger partial charge in [0.15, 0.2) is 0 Å². The number of nitrogens with zero attached hydrogens (tertiary/aromatic N) is 3. The summed E-state index contributed by atoms with van der Waals surface area (Å²) in [5, 5.41) is 13.4. The van der Waals surface area contributed by atoms with Gasteiger partial charge in [0, 0.05) is 18.0 Å². The van der Waals surface area contributed by atoms with Gasteiger partial charge >= 0.3 is 0 Å². The zero-order chi connectivity index (χ0) is 13.1. The molecule has 0 saturated heterocycles. The van der Waals surface area contributed by atoms with Crippen LogP contribution in [0.4, 0.5) is 0 Å². The second-order valence-electron chi connectivity index (χ2n) is 3.80. The predicted octanol–water partition coefficient (Wildman–Crippen LogP) is 3.63. The molecule has 0 bridgehead atoms. The smallest absolute Gasteiger partial charge is 0.109 e. The molecule has 94 valence electrons. The lowest BCUT2D eigenvalue weighted by molar-refractivity contribution is 0.315. The number of hydrogen-bond donors (Lipinski definition) is 1. The van der Waals surface area contributed by atoms with Crippen LogP contribution in [-0.2, 0) is 0 Å². The van der Waals surface area contributed by atoms with Gasteiger partial charge in [-0.05, 0) is 19.1 Å². The maximum absolute atomic E-state index is 9.19. The van der Waals surface area contributed by atoms with E-state index in [0.717, 1.165) is 0 Å². The van der Waals surface area contributed by atoms with E-state index in [0.29, 0.717) is 21.3 Å². The number of oxime groups is 1. The van der Waals surface area contributed by atoms with E-state index in [9.17, 15) is 5.21 Å². The quantitative estimate of drug-likeness (QED) is 0.531. The van der Waals surface area contributed by atoms with Gasteiger partial charge in [0.05, 0.1) is 22.4 Å². The Kier molecular flexibility index (Phi) is 3.89. The second kappa shape index (κ2) is 5.42. The molecule has 0 saturated carbocycles. The number of halogens is 2. The monoisotopic (exact) mass is 283 g/mol. The Labute approximate surface area is 114 Å². The molecule has 1 aromatic carbocycles. The summed E-state index contributed by atoms with van der Waals surface area (Å²) >= 11 is 11.8. The third-order valence-corrected chi connectivity index (χ3v) is 3.43. The molecule has 1 unspecified atom stereocenters. The highest BCUT2D eigenvalue weighted by Gasteiger charge is 2.16. The van der Waals surface area contributed by atoms with E-state index in [4.69, 9.17) is 23.2 Å². The van der Waals surface area contributed by atoms with Crippen molar-refractivity contribution in [2.75, 3.05) is 0 Å². The summed E-state index contributed by atoms with van der Waals surface area (Å²) < 4.78 is 1.83. The first kappa shape index (κ1) is 12.9. The van der Waals surface area contributed by atoms with Crippen LogP contribution >= 0.6 is 23.2 Å². The van der Waals surface area contributed by atoms with Crippen LogP contribution in [0.2, 0.25) is 10.0 Å². The normalized spacial score (nSPS) is 13.6. The molecular weight excluding hydrogens is 273 g/mol. The molecule has 18 heavy (non-hydrogen) atoms. The van der Waals surface area contributed by atoms with E-state index < -0.39 is 0 Å². The summed E-state index contributed by atoms with van der Waals surface area (Å²) in [5.74, 6) is 0. The molecule has 1 heterocycles. The Morgan fingerprint density at radius 2 is 2.17 bits per heavy atom. The van der Waals surface area contributed by atoms with Crippen molar-refractivity contribution in [1.29, 1.82) is 0 Å². The van der Waals surface area contributed by atoms with Crippen molar-refractivity contribution < 1.29 is 5.21 Å². The van der Waals surface area contributed by atoms with Gasteiger partial charge in [0.25, 0.3) is 0 Å². The topological polar surface area (TPSA) is 50.4 Å². The lowest BCUT2D eigenvalue weighted by Gasteiger charge is -2.15. The molecule has 0 aliphatic rings. The summed E-state index contributed by atoms with van der Waals surface area (Å²) in [6.07, 6.45) is 5.13. The first-order chi connectivity index (χ1) is 8.63. The van der Waals surface area contributed by atoms with Crippen molar-refractivity contribution in [2.24, 2.45) is 5.16 Å². The standard InChI is InChI=1S/C12H11Cl2N3O/c1-8(17-5-4-15-7-17)12(16-18)9-2-3-10(13)11(14)6-9/h2-8,18H,1H3. The summed E-state index contributed by atoms with van der Waals surface area (Å²) in [6, 6.07) is 4.95. The van der Waals surface area contributed by atoms with E-state index in [2.05, 4.69) is 10.1 Å². The molecule has 0 radical (unpaired) electrons. The summed E-state index contributed by atoms with van der Waals surface area (Å²) in [6.45, 7) is 1.90. The molecule has 0 amide bonds. The SMILES string of the molecule is CC(C(=NO)c1ccc(Cl)c(Cl)c1)n1ccnc1. The largest absolute Gasteiger partial charge is 0.411 e. The molecule has 6 heteroatoms. The van der Waals surface area contributed by atoms with Crippen molar-refractivity contribution in [3.05, 3.63) is 52.5 Å². The Balaban J connectivity index is 2.37. The molecule has 4 nitrogen and oxygen atoms in total. The van der Waals surface area contributed by atoms with E-state index in [1.54, 1.807) is 36.9 Å². The fourth-order valence-corrected chi connectivity index (χ4v) is 1.98. The third-order valence-electron chi connectivity index (χ3n) is 2.69. The summed E-state index contributed by atoms with van der Waals surface area (Å²) in [5.41, 5.74) is 1.21. The lowest BCUT2D eigenvalue weighted by atomic mass is 10.0. The molecule has 1 atom stereocenters. The van der Waals surface area contributed by atoms with Crippen LogP contribution in [0.1, 0.15) is 18.5 Å². The van der Waals surface area contributed by atoms with Crippen LogP contribution in [0.25, 0.3) is 0 Å². The fourth-order valence-electron chi connectivity index (χ4n) is 1.68. The average molecular weight is 284 g/mol. The Morgan fingerprint density at radius 1 is 1.39 bits per heavy atom. The minimum Gasteiger partial charge on any atom is -0.411 e. The summed E-state index contributed by atoms with van der Waals surface area (Å²) in [4.78, 5) is 3.96. The Morgan fingerprint density at radius 3 is 2.72 bits per heavy atom. The molecule has 2 rings (SSSR count). The van der Waals surface area contributed by atoms with E-state index in [-0.39, 0.29) is 6.04 Å². The van der Waals surface area contributed by atoms with Crippen LogP contribution in [-0.4, -0.2) is 20.5 Å². The third kappa shape index (κ3) is 2.49. The minimum atomic E-state index is -0.158. The van der Waals surface area contributed by atoms with Crippen molar-refractivity contribution in [3.8, 4) is 0 Å². The highest BCUT2D eigenvalue weighted by molar-refractivity contribution is 6.42. The van der Waals surface area contributed by atoms with Crippen LogP contribution in [0.5, 0.6) is 0 Å². The van der Waals surface area contributed by atoms with Crippen LogP contribution in [0.3, 0.4) is 0 Å². The predicted molar refractivity (Wildman–Crippen MR) is 71.7 cm³/mol. The molecular formula is C12H11Cl2N3O. The van der Waals surface area contributed by atoms with Gasteiger partial charge in [0.1, 0.15) is 5.71 Å². The molecule has 2 aromatic rings. The summed E-state index contributed by atoms with van der Waals surface area (Å²) in [7, 11) is 0. The molecule has 0 spiro atoms. The Hall–Kier alpha value is -1.52. The van der Waals surface area contributed by atoms with Crippen LogP contribution in [0.15, 0.2) is 42.1 Å². The Bertz CT molecular complexity index is 567. The fraction of sp³-hybridized carbons (Fsp3) is 0.167. The van der Waals surface area contributed by atoms with Gasteiger partial charge in [0.2, 0.25) is 0 Å². The first-order valence-corrected chi connectivity index (χ1v) is 6.04. The second-order valence-corrected chi connectivity index (χ2v) is 4.61. The number of benzene rings is 1. The van der Waals surface area contributed by atoms with Crippen molar-refractivity contribution >= 4 is 28.9 Å². The maximum atomic E-state index is 9.19. The highest BCUT2D eigenvalue weighted by atomic mass is 35.5. The van der Waals surface area contributed by atoms with Gasteiger partial charge in [-0.2, -0.15) is 0 Å². The van der Waals surface area contributed by atoms with Crippen molar-refractivity contribution in [3.63, 3.8) is 0 Å². The molecule has 1 aromatic heterocycles. The average Bonchev–Trinajstić information content (AvgIpc) is 2.88. The number of rotatable bonds is 3. The van der Waals surface area contributed by atoms with Crippen molar-refractivity contribution in [1.82, 2.24) is 9.55 Å². The van der Waals surface area contributed by atoms with E-state index in [1.807, 2.05) is 11.5 Å².